The van der Waals surface area contributed by atoms with E-state index in [2.05, 4.69) is 0 Å². The molecule has 82 valence electrons. The summed E-state index contributed by atoms with van der Waals surface area (Å²) in [5.74, 6) is -0.858. The molecule has 0 fully saturated rings. The molecule has 0 aliphatic rings. The summed E-state index contributed by atoms with van der Waals surface area (Å²) >= 11 is 5.52. The van der Waals surface area contributed by atoms with Crippen LogP contribution in [-0.4, -0.2) is 16.3 Å². The monoisotopic (exact) mass is 234 g/mol. The fourth-order valence-corrected chi connectivity index (χ4v) is 1.28. The molecule has 0 saturated carbocycles. The van der Waals surface area contributed by atoms with Gasteiger partial charge in [0, 0.05) is 11.1 Å². The topological polar surface area (TPSA) is 37.3 Å². The van der Waals surface area contributed by atoms with Gasteiger partial charge in [0.25, 0.3) is 6.43 Å². The van der Waals surface area contributed by atoms with Crippen LogP contribution in [0.2, 0.25) is 0 Å². The van der Waals surface area contributed by atoms with Crippen molar-refractivity contribution >= 4 is 17.4 Å². The molecule has 1 aromatic carbocycles. The quantitative estimate of drug-likeness (QED) is 0.644. The van der Waals surface area contributed by atoms with Crippen LogP contribution in [0.3, 0.4) is 0 Å². The zero-order chi connectivity index (χ0) is 11.6. The average Bonchev–Trinajstić information content (AvgIpc) is 2.15. The first kappa shape index (κ1) is 11.9. The van der Waals surface area contributed by atoms with Crippen LogP contribution in [0.1, 0.15) is 29.3 Å². The Morgan fingerprint density at radius 1 is 1.47 bits per heavy atom. The molecular formula is C10H9ClF2O2. The molecule has 0 bridgehead atoms. The molecule has 1 N–H and O–H groups in total. The first-order chi connectivity index (χ1) is 6.93. The lowest BCUT2D eigenvalue weighted by molar-refractivity contribution is 0.0977. The second kappa shape index (κ2) is 4.57. The van der Waals surface area contributed by atoms with Gasteiger partial charge in [-0.1, -0.05) is 0 Å². The molecule has 2 nitrogen and oxygen atoms in total. The first-order valence-corrected chi connectivity index (χ1v) is 4.66. The summed E-state index contributed by atoms with van der Waals surface area (Å²) in [6.45, 7) is 1.39. The number of carbonyl (C=O) groups excluding carboxylic acids is 1. The maximum atomic E-state index is 12.5. The third kappa shape index (κ3) is 2.65. The first-order valence-electron chi connectivity index (χ1n) is 4.23. The lowest BCUT2D eigenvalue weighted by atomic mass is 10.0. The molecule has 0 heterocycles. The van der Waals surface area contributed by atoms with Crippen molar-refractivity contribution in [3.63, 3.8) is 0 Å². The molecule has 0 radical (unpaired) electrons. The van der Waals surface area contributed by atoms with Gasteiger partial charge < -0.3 is 5.11 Å². The number of hydrogen-bond donors (Lipinski definition) is 1. The van der Waals surface area contributed by atoms with Crippen molar-refractivity contribution in [1.29, 1.82) is 0 Å². The largest absolute Gasteiger partial charge is 0.508 e. The zero-order valence-corrected chi connectivity index (χ0v) is 8.63. The number of phenolic OH excluding ortho intramolecular Hbond substituents is 1. The minimum atomic E-state index is -2.76. The maximum absolute atomic E-state index is 12.5. The summed E-state index contributed by atoms with van der Waals surface area (Å²) in [6.07, 6.45) is -2.76. The number of phenols is 1. The van der Waals surface area contributed by atoms with E-state index < -0.39 is 23.1 Å². The van der Waals surface area contributed by atoms with E-state index in [0.29, 0.717) is 0 Å². The van der Waals surface area contributed by atoms with E-state index in [9.17, 15) is 13.6 Å². The Kier molecular flexibility index (Phi) is 3.63. The van der Waals surface area contributed by atoms with Crippen LogP contribution >= 0.6 is 11.6 Å². The summed E-state index contributed by atoms with van der Waals surface area (Å²) in [5.41, 5.74) is -0.641. The molecule has 1 aromatic rings. The van der Waals surface area contributed by atoms with Crippen LogP contribution in [0, 0.1) is 0 Å². The van der Waals surface area contributed by atoms with E-state index in [1.807, 2.05) is 0 Å². The molecule has 0 amide bonds. The molecule has 0 saturated heterocycles. The number of halogens is 3. The number of carbonyl (C=O) groups is 1. The number of hydrogen-bond acceptors (Lipinski definition) is 2. The van der Waals surface area contributed by atoms with Crippen molar-refractivity contribution in [2.45, 2.75) is 18.7 Å². The summed E-state index contributed by atoms with van der Waals surface area (Å²) in [7, 11) is 0. The predicted molar refractivity (Wildman–Crippen MR) is 52.7 cm³/mol. The molecule has 1 unspecified atom stereocenters. The van der Waals surface area contributed by atoms with E-state index in [0.717, 1.165) is 18.2 Å². The summed E-state index contributed by atoms with van der Waals surface area (Å²) in [4.78, 5) is 11.4. The highest BCUT2D eigenvalue weighted by Crippen LogP contribution is 2.27. The van der Waals surface area contributed by atoms with E-state index in [4.69, 9.17) is 16.7 Å². The SMILES string of the molecule is CC(Cl)C(=O)c1cc(O)ccc1C(F)F. The molecule has 0 aromatic heterocycles. The summed E-state index contributed by atoms with van der Waals surface area (Å²) in [6, 6.07) is 3.13. The lowest BCUT2D eigenvalue weighted by Crippen LogP contribution is -2.13. The molecule has 1 atom stereocenters. The summed E-state index contributed by atoms with van der Waals surface area (Å²) < 4.78 is 25.0. The van der Waals surface area contributed by atoms with Gasteiger partial charge in [0.1, 0.15) is 5.75 Å². The molecule has 15 heavy (non-hydrogen) atoms. The van der Waals surface area contributed by atoms with Crippen LogP contribution in [-0.2, 0) is 0 Å². The Labute approximate surface area is 90.5 Å². The van der Waals surface area contributed by atoms with Crippen molar-refractivity contribution in [3.8, 4) is 5.75 Å². The van der Waals surface area contributed by atoms with Crippen molar-refractivity contribution in [1.82, 2.24) is 0 Å². The number of Topliss-reactive ketones (excluding diaryl/α,β-unsaturated/α-hetero) is 1. The number of aromatic hydroxyl groups is 1. The fraction of sp³-hybridized carbons (Fsp3) is 0.300. The van der Waals surface area contributed by atoms with E-state index in [1.165, 1.54) is 6.92 Å². The van der Waals surface area contributed by atoms with Gasteiger partial charge in [-0.15, -0.1) is 11.6 Å². The highest BCUT2D eigenvalue weighted by Gasteiger charge is 2.21. The number of benzene rings is 1. The number of alkyl halides is 3. The molecule has 0 spiro atoms. The van der Waals surface area contributed by atoms with Gasteiger partial charge in [0.15, 0.2) is 5.78 Å². The third-order valence-corrected chi connectivity index (χ3v) is 2.10. The summed E-state index contributed by atoms with van der Waals surface area (Å²) in [5, 5.41) is 8.21. The standard InChI is InChI=1S/C10H9ClF2O2/c1-5(11)9(15)8-4-6(14)2-3-7(8)10(12)13/h2-5,10,14H,1H3. The highest BCUT2D eigenvalue weighted by atomic mass is 35.5. The van der Waals surface area contributed by atoms with Gasteiger partial charge >= 0.3 is 0 Å². The molecule has 1 rings (SSSR count). The Hall–Kier alpha value is -1.16. The second-order valence-corrected chi connectivity index (χ2v) is 3.71. The average molecular weight is 235 g/mol. The van der Waals surface area contributed by atoms with Crippen LogP contribution in [0.4, 0.5) is 8.78 Å². The van der Waals surface area contributed by atoms with Crippen molar-refractivity contribution in [2.75, 3.05) is 0 Å². The smallest absolute Gasteiger partial charge is 0.264 e. The maximum Gasteiger partial charge on any atom is 0.264 e. The van der Waals surface area contributed by atoms with E-state index in [-0.39, 0.29) is 11.3 Å². The lowest BCUT2D eigenvalue weighted by Gasteiger charge is -2.09. The van der Waals surface area contributed by atoms with Crippen LogP contribution in [0.25, 0.3) is 0 Å². The Bertz CT molecular complexity index is 378. The molecular weight excluding hydrogens is 226 g/mol. The van der Waals surface area contributed by atoms with E-state index in [1.54, 1.807) is 0 Å². The third-order valence-electron chi connectivity index (χ3n) is 1.90. The number of rotatable bonds is 3. The van der Waals surface area contributed by atoms with Gasteiger partial charge in [-0.2, -0.15) is 0 Å². The molecule has 5 heteroatoms. The fourth-order valence-electron chi connectivity index (χ4n) is 1.16. The van der Waals surface area contributed by atoms with Crippen LogP contribution in [0.15, 0.2) is 18.2 Å². The second-order valence-electron chi connectivity index (χ2n) is 3.05. The van der Waals surface area contributed by atoms with Gasteiger partial charge in [0.2, 0.25) is 0 Å². The van der Waals surface area contributed by atoms with Gasteiger partial charge in [-0.3, -0.25) is 4.79 Å². The van der Waals surface area contributed by atoms with Crippen LogP contribution < -0.4 is 0 Å². The Morgan fingerprint density at radius 3 is 2.53 bits per heavy atom. The van der Waals surface area contributed by atoms with Crippen LogP contribution in [0.5, 0.6) is 5.75 Å². The minimum absolute atomic E-state index is 0.229. The van der Waals surface area contributed by atoms with E-state index >= 15 is 0 Å². The Morgan fingerprint density at radius 2 is 2.07 bits per heavy atom. The minimum Gasteiger partial charge on any atom is -0.508 e. The number of ketones is 1. The van der Waals surface area contributed by atoms with Gasteiger partial charge in [-0.05, 0) is 25.1 Å². The predicted octanol–water partition coefficient (Wildman–Crippen LogP) is 3.14. The Balaban J connectivity index is 3.24. The van der Waals surface area contributed by atoms with Gasteiger partial charge in [-0.25, -0.2) is 8.78 Å². The van der Waals surface area contributed by atoms with Crippen molar-refractivity contribution < 1.29 is 18.7 Å². The van der Waals surface area contributed by atoms with Gasteiger partial charge in [0.05, 0.1) is 5.38 Å². The molecule has 0 aliphatic carbocycles. The van der Waals surface area contributed by atoms with Crippen molar-refractivity contribution in [2.24, 2.45) is 0 Å². The van der Waals surface area contributed by atoms with Crippen molar-refractivity contribution in [3.05, 3.63) is 29.3 Å². The highest BCUT2D eigenvalue weighted by molar-refractivity contribution is 6.33. The zero-order valence-electron chi connectivity index (χ0n) is 7.88. The molecule has 0 aliphatic heterocycles. The normalized spacial score (nSPS) is 12.9.